The molecule has 1 N–H and O–H groups in total. The summed E-state index contributed by atoms with van der Waals surface area (Å²) in [5, 5.41) is 3.30. The molecule has 0 bridgehead atoms. The minimum Gasteiger partial charge on any atom is -0.312 e. The molecule has 0 spiro atoms. The summed E-state index contributed by atoms with van der Waals surface area (Å²) >= 11 is 1.68. The van der Waals surface area contributed by atoms with Gasteiger partial charge in [-0.05, 0) is 24.6 Å². The molecule has 0 heterocycles. The Morgan fingerprint density at radius 2 is 1.90 bits per heavy atom. The average molecular weight is 316 g/mol. The molecule has 3 nitrogen and oxygen atoms in total. The van der Waals surface area contributed by atoms with E-state index in [1.807, 2.05) is 7.05 Å². The maximum atomic E-state index is 11.1. The second kappa shape index (κ2) is 8.70. The van der Waals surface area contributed by atoms with E-state index in [9.17, 15) is 8.42 Å². The number of thioether (sulfide) groups is 1. The molecule has 0 aliphatic carbocycles. The van der Waals surface area contributed by atoms with Gasteiger partial charge in [-0.2, -0.15) is 11.8 Å². The van der Waals surface area contributed by atoms with Gasteiger partial charge in [0.1, 0.15) is 9.84 Å². The Labute approximate surface area is 127 Å². The van der Waals surface area contributed by atoms with Crippen LogP contribution in [0, 0.1) is 0 Å². The van der Waals surface area contributed by atoms with E-state index in [4.69, 9.17) is 0 Å². The summed E-state index contributed by atoms with van der Waals surface area (Å²) in [6.45, 7) is 2.18. The zero-order valence-electron chi connectivity index (χ0n) is 12.6. The van der Waals surface area contributed by atoms with E-state index < -0.39 is 9.84 Å². The average Bonchev–Trinajstić information content (AvgIpc) is 2.39. The molecule has 0 aliphatic heterocycles. The molecular formula is C15H25NO2S2. The number of hydrogen-bond acceptors (Lipinski definition) is 4. The van der Waals surface area contributed by atoms with Crippen molar-refractivity contribution in [3.8, 4) is 0 Å². The molecule has 0 saturated carbocycles. The molecule has 0 aromatic heterocycles. The second-order valence-corrected chi connectivity index (χ2v) is 8.45. The highest BCUT2D eigenvalue weighted by Crippen LogP contribution is 2.19. The summed E-state index contributed by atoms with van der Waals surface area (Å²) in [5.74, 6) is 1.80. The van der Waals surface area contributed by atoms with Crippen LogP contribution in [0.4, 0.5) is 0 Å². The predicted octanol–water partition coefficient (Wildman–Crippen LogP) is 2.68. The Morgan fingerprint density at radius 3 is 2.40 bits per heavy atom. The van der Waals surface area contributed by atoms with Crippen molar-refractivity contribution in [1.82, 2.24) is 5.32 Å². The third-order valence-electron chi connectivity index (χ3n) is 3.15. The van der Waals surface area contributed by atoms with Gasteiger partial charge < -0.3 is 5.32 Å². The van der Waals surface area contributed by atoms with Gasteiger partial charge in [-0.15, -0.1) is 0 Å². The van der Waals surface area contributed by atoms with Crippen molar-refractivity contribution in [3.05, 3.63) is 35.4 Å². The number of sulfone groups is 1. The Balaban J connectivity index is 2.49. The fourth-order valence-electron chi connectivity index (χ4n) is 1.96. The van der Waals surface area contributed by atoms with E-state index in [1.54, 1.807) is 11.8 Å². The summed E-state index contributed by atoms with van der Waals surface area (Å²) in [6.07, 6.45) is 3.57. The number of hydrogen-bond donors (Lipinski definition) is 1. The van der Waals surface area contributed by atoms with Gasteiger partial charge in [-0.3, -0.25) is 0 Å². The maximum absolute atomic E-state index is 11.1. The van der Waals surface area contributed by atoms with E-state index in [2.05, 4.69) is 36.5 Å². The van der Waals surface area contributed by atoms with Gasteiger partial charge in [-0.1, -0.05) is 37.6 Å². The lowest BCUT2D eigenvalue weighted by molar-refractivity contribution is 0.603. The van der Waals surface area contributed by atoms with Crippen LogP contribution in [0.2, 0.25) is 0 Å². The van der Waals surface area contributed by atoms with Gasteiger partial charge in [0.05, 0.1) is 5.75 Å². The molecule has 0 fully saturated rings. The predicted molar refractivity (Wildman–Crippen MR) is 89.3 cm³/mol. The lowest BCUT2D eigenvalue weighted by Crippen LogP contribution is -2.19. The number of rotatable bonds is 9. The maximum Gasteiger partial charge on any atom is 0.148 e. The molecule has 5 heteroatoms. The van der Waals surface area contributed by atoms with Crippen LogP contribution in [-0.2, 0) is 16.3 Å². The van der Waals surface area contributed by atoms with Gasteiger partial charge in [0, 0.05) is 23.8 Å². The molecule has 1 aromatic carbocycles. The van der Waals surface area contributed by atoms with Gasteiger partial charge in [0.15, 0.2) is 0 Å². The first-order valence-electron chi connectivity index (χ1n) is 6.98. The molecule has 20 heavy (non-hydrogen) atoms. The van der Waals surface area contributed by atoms with Crippen LogP contribution in [0.3, 0.4) is 0 Å². The van der Waals surface area contributed by atoms with Gasteiger partial charge in [-0.25, -0.2) is 8.42 Å². The topological polar surface area (TPSA) is 46.2 Å². The van der Waals surface area contributed by atoms with Gasteiger partial charge in [0.2, 0.25) is 0 Å². The van der Waals surface area contributed by atoms with E-state index >= 15 is 0 Å². The molecule has 1 aromatic rings. The SMILES string of the molecule is CCCc1ccc(C(CSCCS(C)(=O)=O)NC)cc1. The summed E-state index contributed by atoms with van der Waals surface area (Å²) in [6, 6.07) is 8.98. The largest absolute Gasteiger partial charge is 0.312 e. The summed E-state index contributed by atoms with van der Waals surface area (Å²) < 4.78 is 22.2. The second-order valence-electron chi connectivity index (χ2n) is 5.04. The first-order chi connectivity index (χ1) is 9.46. The normalized spacial score (nSPS) is 13.3. The Bertz CT molecular complexity index is 483. The molecule has 114 valence electrons. The highest BCUT2D eigenvalue weighted by Gasteiger charge is 2.10. The van der Waals surface area contributed by atoms with Crippen LogP contribution in [0.5, 0.6) is 0 Å². The highest BCUT2D eigenvalue weighted by atomic mass is 32.2. The Kier molecular flexibility index (Phi) is 7.62. The van der Waals surface area contributed by atoms with Crippen molar-refractivity contribution in [2.45, 2.75) is 25.8 Å². The fraction of sp³-hybridized carbons (Fsp3) is 0.600. The van der Waals surface area contributed by atoms with Gasteiger partial charge in [0.25, 0.3) is 0 Å². The molecule has 1 atom stereocenters. The van der Waals surface area contributed by atoms with E-state index in [0.29, 0.717) is 5.75 Å². The van der Waals surface area contributed by atoms with Crippen LogP contribution in [-0.4, -0.2) is 39.0 Å². The first-order valence-corrected chi connectivity index (χ1v) is 10.2. The molecule has 1 rings (SSSR count). The third-order valence-corrected chi connectivity index (χ3v) is 5.42. The van der Waals surface area contributed by atoms with Crippen molar-refractivity contribution >= 4 is 21.6 Å². The van der Waals surface area contributed by atoms with Crippen molar-refractivity contribution in [1.29, 1.82) is 0 Å². The smallest absolute Gasteiger partial charge is 0.148 e. The van der Waals surface area contributed by atoms with E-state index in [1.165, 1.54) is 17.4 Å². The Morgan fingerprint density at radius 1 is 1.25 bits per heavy atom. The summed E-state index contributed by atoms with van der Waals surface area (Å²) in [5.41, 5.74) is 2.63. The quantitative estimate of drug-likeness (QED) is 0.712. The number of nitrogens with one attached hydrogen (secondary N) is 1. The summed E-state index contributed by atoms with van der Waals surface area (Å²) in [7, 11) is -0.900. The number of aryl methyl sites for hydroxylation is 1. The van der Waals surface area contributed by atoms with Crippen molar-refractivity contribution < 1.29 is 8.42 Å². The molecule has 1 unspecified atom stereocenters. The van der Waals surface area contributed by atoms with Crippen molar-refractivity contribution in [3.63, 3.8) is 0 Å². The highest BCUT2D eigenvalue weighted by molar-refractivity contribution is 8.00. The minimum absolute atomic E-state index is 0.254. The van der Waals surface area contributed by atoms with Gasteiger partial charge >= 0.3 is 0 Å². The lowest BCUT2D eigenvalue weighted by Gasteiger charge is -2.16. The molecule has 0 radical (unpaired) electrons. The van der Waals surface area contributed by atoms with Crippen LogP contribution >= 0.6 is 11.8 Å². The van der Waals surface area contributed by atoms with Crippen LogP contribution in [0.1, 0.15) is 30.5 Å². The fourth-order valence-corrected chi connectivity index (χ4v) is 4.41. The number of benzene rings is 1. The monoisotopic (exact) mass is 315 g/mol. The van der Waals surface area contributed by atoms with Crippen LogP contribution in [0.15, 0.2) is 24.3 Å². The van der Waals surface area contributed by atoms with E-state index in [-0.39, 0.29) is 11.8 Å². The third kappa shape index (κ3) is 6.77. The minimum atomic E-state index is -2.85. The Hall–Kier alpha value is -0.520. The van der Waals surface area contributed by atoms with Crippen molar-refractivity contribution in [2.24, 2.45) is 0 Å². The van der Waals surface area contributed by atoms with Crippen LogP contribution < -0.4 is 5.32 Å². The lowest BCUT2D eigenvalue weighted by atomic mass is 10.0. The zero-order chi connectivity index (χ0) is 15.0. The first kappa shape index (κ1) is 17.5. The molecular weight excluding hydrogens is 290 g/mol. The van der Waals surface area contributed by atoms with E-state index in [0.717, 1.165) is 18.6 Å². The van der Waals surface area contributed by atoms with Crippen molar-refractivity contribution in [2.75, 3.05) is 30.6 Å². The molecule has 0 aliphatic rings. The standard InChI is InChI=1S/C15H25NO2S2/c1-4-5-13-6-8-14(9-7-13)15(16-2)12-19-10-11-20(3,17)18/h6-9,15-16H,4-5,10-12H2,1-3H3. The zero-order valence-corrected chi connectivity index (χ0v) is 14.2. The van der Waals surface area contributed by atoms with Crippen LogP contribution in [0.25, 0.3) is 0 Å². The molecule has 0 amide bonds. The molecule has 0 saturated heterocycles. The summed E-state index contributed by atoms with van der Waals surface area (Å²) in [4.78, 5) is 0.